The summed E-state index contributed by atoms with van der Waals surface area (Å²) in [4.78, 5) is 12.5. The second-order valence-corrected chi connectivity index (χ2v) is 7.72. The number of hydrogen-bond donors (Lipinski definition) is 3. The van der Waals surface area contributed by atoms with Crippen molar-refractivity contribution in [3.05, 3.63) is 60.9 Å². The van der Waals surface area contributed by atoms with Gasteiger partial charge in [-0.3, -0.25) is 10.1 Å². The van der Waals surface area contributed by atoms with Crippen LogP contribution >= 0.6 is 0 Å². The molecule has 0 spiro atoms. The van der Waals surface area contributed by atoms with E-state index in [1.807, 2.05) is 36.7 Å². The van der Waals surface area contributed by atoms with Crippen LogP contribution in [0.5, 0.6) is 0 Å². The largest absolute Gasteiger partial charge is 0.384 e. The van der Waals surface area contributed by atoms with E-state index in [0.717, 1.165) is 62.7 Å². The molecule has 3 heterocycles. The van der Waals surface area contributed by atoms with Crippen molar-refractivity contribution in [1.82, 2.24) is 25.1 Å². The quantitative estimate of drug-likeness (QED) is 0.401. The van der Waals surface area contributed by atoms with Crippen molar-refractivity contribution < 1.29 is 0 Å². The van der Waals surface area contributed by atoms with Crippen molar-refractivity contribution in [2.24, 2.45) is 5.92 Å². The van der Waals surface area contributed by atoms with Crippen molar-refractivity contribution in [2.45, 2.75) is 12.8 Å². The number of hydrogen-bond acceptors (Lipinski definition) is 4. The number of para-hydroxylation sites is 2. The topological polar surface area (TPSA) is 82.3 Å². The minimum absolute atomic E-state index is 0.771. The molecule has 0 unspecified atom stereocenters. The number of imidazole rings is 1. The summed E-state index contributed by atoms with van der Waals surface area (Å²) in [6.45, 7) is 1.03. The molecule has 0 bridgehead atoms. The Bertz CT molecular complexity index is 1290. The summed E-state index contributed by atoms with van der Waals surface area (Å²) in [5, 5.41) is 12.2. The lowest BCUT2D eigenvalue weighted by molar-refractivity contribution is 0.888. The molecule has 3 aromatic heterocycles. The highest BCUT2D eigenvalue weighted by Gasteiger charge is 2.20. The molecule has 6 heteroatoms. The van der Waals surface area contributed by atoms with E-state index in [2.05, 4.69) is 49.7 Å². The van der Waals surface area contributed by atoms with Crippen LogP contribution in [0, 0.1) is 5.92 Å². The van der Waals surface area contributed by atoms with Crippen LogP contribution in [0.4, 0.5) is 5.69 Å². The summed E-state index contributed by atoms with van der Waals surface area (Å²) in [6.07, 6.45) is 6.47. The molecule has 6 nitrogen and oxygen atoms in total. The van der Waals surface area contributed by atoms with Gasteiger partial charge in [-0.2, -0.15) is 5.10 Å². The van der Waals surface area contributed by atoms with Gasteiger partial charge in [-0.1, -0.05) is 18.2 Å². The van der Waals surface area contributed by atoms with Gasteiger partial charge in [0, 0.05) is 29.9 Å². The molecule has 0 amide bonds. The minimum atomic E-state index is 0.771. The van der Waals surface area contributed by atoms with Crippen LogP contribution in [0.2, 0.25) is 0 Å². The van der Waals surface area contributed by atoms with Crippen molar-refractivity contribution in [3.63, 3.8) is 0 Å². The molecular formula is C23H20N6. The maximum atomic E-state index is 4.71. The maximum Gasteiger partial charge on any atom is 0.159 e. The van der Waals surface area contributed by atoms with Gasteiger partial charge in [-0.25, -0.2) is 4.98 Å². The summed E-state index contributed by atoms with van der Waals surface area (Å²) in [7, 11) is 0. The summed E-state index contributed by atoms with van der Waals surface area (Å²) in [5.74, 6) is 1.60. The molecule has 1 aliphatic carbocycles. The fourth-order valence-electron chi connectivity index (χ4n) is 3.72. The molecule has 0 radical (unpaired) electrons. The fraction of sp³-hybridized carbons (Fsp3) is 0.174. The van der Waals surface area contributed by atoms with E-state index in [1.165, 1.54) is 12.8 Å². The van der Waals surface area contributed by atoms with Crippen molar-refractivity contribution in [3.8, 4) is 22.6 Å². The third-order valence-electron chi connectivity index (χ3n) is 5.54. The standard InChI is InChI=1S/C23H20N6/c1-2-4-21-20(3-1)26-23(27-21)22-18-10-15(7-8-19(18)28-29-22)16-9-17(13-24-12-16)25-11-14-5-6-14/h1-4,7-10,12-14,25H,5-6,11H2,(H,26,27)(H,28,29). The van der Waals surface area contributed by atoms with Gasteiger partial charge < -0.3 is 10.3 Å². The number of rotatable bonds is 5. The highest BCUT2D eigenvalue weighted by atomic mass is 15.1. The molecule has 6 rings (SSSR count). The molecule has 2 aromatic carbocycles. The molecule has 29 heavy (non-hydrogen) atoms. The first-order valence-corrected chi connectivity index (χ1v) is 9.96. The lowest BCUT2D eigenvalue weighted by atomic mass is 10.0. The second kappa shape index (κ2) is 6.44. The zero-order chi connectivity index (χ0) is 19.2. The van der Waals surface area contributed by atoms with E-state index in [-0.39, 0.29) is 0 Å². The van der Waals surface area contributed by atoms with Crippen molar-refractivity contribution in [1.29, 1.82) is 0 Å². The number of nitrogens with zero attached hydrogens (tertiary/aromatic N) is 3. The van der Waals surface area contributed by atoms with Crippen LogP contribution in [-0.4, -0.2) is 31.7 Å². The van der Waals surface area contributed by atoms with E-state index in [4.69, 9.17) is 4.98 Å². The number of H-pyrrole nitrogens is 2. The number of nitrogens with one attached hydrogen (secondary N) is 3. The molecule has 1 aliphatic rings. The number of pyridine rings is 1. The Morgan fingerprint density at radius 1 is 0.966 bits per heavy atom. The first-order chi connectivity index (χ1) is 14.3. The number of anilines is 1. The number of aromatic nitrogens is 5. The van der Waals surface area contributed by atoms with Gasteiger partial charge >= 0.3 is 0 Å². The molecule has 1 saturated carbocycles. The van der Waals surface area contributed by atoms with E-state index < -0.39 is 0 Å². The van der Waals surface area contributed by atoms with Crippen LogP contribution in [0.3, 0.4) is 0 Å². The predicted molar refractivity (Wildman–Crippen MR) is 116 cm³/mol. The zero-order valence-corrected chi connectivity index (χ0v) is 15.8. The Morgan fingerprint density at radius 3 is 2.79 bits per heavy atom. The Balaban J connectivity index is 1.39. The summed E-state index contributed by atoms with van der Waals surface area (Å²) >= 11 is 0. The Hall–Kier alpha value is -3.67. The van der Waals surface area contributed by atoms with Gasteiger partial charge in [0.2, 0.25) is 0 Å². The van der Waals surface area contributed by atoms with E-state index in [9.17, 15) is 0 Å². The molecule has 5 aromatic rings. The molecular weight excluding hydrogens is 360 g/mol. The third-order valence-corrected chi connectivity index (χ3v) is 5.54. The van der Waals surface area contributed by atoms with E-state index >= 15 is 0 Å². The highest BCUT2D eigenvalue weighted by Crippen LogP contribution is 2.32. The smallest absolute Gasteiger partial charge is 0.159 e. The molecule has 0 saturated heterocycles. The maximum absolute atomic E-state index is 4.71. The van der Waals surface area contributed by atoms with Gasteiger partial charge in [0.05, 0.1) is 22.2 Å². The third kappa shape index (κ3) is 3.02. The fourth-order valence-corrected chi connectivity index (χ4v) is 3.72. The van der Waals surface area contributed by atoms with Gasteiger partial charge in [0.25, 0.3) is 0 Å². The van der Waals surface area contributed by atoms with Gasteiger partial charge in [0.1, 0.15) is 5.69 Å². The normalized spacial score (nSPS) is 13.9. The molecule has 0 atom stereocenters. The monoisotopic (exact) mass is 380 g/mol. The molecule has 3 N–H and O–H groups in total. The van der Waals surface area contributed by atoms with Gasteiger partial charge in [0.15, 0.2) is 5.82 Å². The predicted octanol–water partition coefficient (Wildman–Crippen LogP) is 4.99. The van der Waals surface area contributed by atoms with Crippen LogP contribution in [0.15, 0.2) is 60.9 Å². The first-order valence-electron chi connectivity index (χ1n) is 9.96. The van der Waals surface area contributed by atoms with Crippen molar-refractivity contribution >= 4 is 27.6 Å². The molecule has 1 fully saturated rings. The minimum Gasteiger partial charge on any atom is -0.384 e. The summed E-state index contributed by atoms with van der Waals surface area (Å²) in [6, 6.07) is 16.5. The van der Waals surface area contributed by atoms with E-state index in [1.54, 1.807) is 0 Å². The van der Waals surface area contributed by atoms with E-state index in [0.29, 0.717) is 0 Å². The van der Waals surface area contributed by atoms with Gasteiger partial charge in [-0.15, -0.1) is 0 Å². The van der Waals surface area contributed by atoms with Crippen molar-refractivity contribution in [2.75, 3.05) is 11.9 Å². The Morgan fingerprint density at radius 2 is 1.90 bits per heavy atom. The lowest BCUT2D eigenvalue weighted by Crippen LogP contribution is -2.03. The van der Waals surface area contributed by atoms with Crippen LogP contribution in [-0.2, 0) is 0 Å². The highest BCUT2D eigenvalue weighted by molar-refractivity contribution is 5.95. The first kappa shape index (κ1) is 16.3. The lowest BCUT2D eigenvalue weighted by Gasteiger charge is -2.08. The molecule has 0 aliphatic heterocycles. The number of benzene rings is 2. The average molecular weight is 380 g/mol. The average Bonchev–Trinajstić information content (AvgIpc) is 3.34. The summed E-state index contributed by atoms with van der Waals surface area (Å²) < 4.78 is 0. The summed E-state index contributed by atoms with van der Waals surface area (Å²) in [5.41, 5.74) is 7.03. The van der Waals surface area contributed by atoms with Crippen LogP contribution < -0.4 is 5.32 Å². The zero-order valence-electron chi connectivity index (χ0n) is 15.8. The second-order valence-electron chi connectivity index (χ2n) is 7.72. The van der Waals surface area contributed by atoms with Crippen LogP contribution in [0.25, 0.3) is 44.6 Å². The van der Waals surface area contributed by atoms with Gasteiger partial charge in [-0.05, 0) is 54.7 Å². The Labute approximate surface area is 167 Å². The van der Waals surface area contributed by atoms with Crippen LogP contribution in [0.1, 0.15) is 12.8 Å². The SMILES string of the molecule is c1ccc2[nH]c(-c3n[nH]c4ccc(-c5cncc(NCC6CC6)c5)cc34)nc2c1. The Kier molecular flexibility index (Phi) is 3.62. The molecule has 142 valence electrons. The number of fused-ring (bicyclic) bond motifs is 2. The number of aromatic amines is 2.